The average Bonchev–Trinajstić information content (AvgIpc) is 2.37. The van der Waals surface area contributed by atoms with Gasteiger partial charge in [-0.3, -0.25) is 4.90 Å². The SMILES string of the molecule is CC(C)(C)OC(=O)N1C=C(c2cccc(Br)c2)OCC1. The number of hydrogen-bond acceptors (Lipinski definition) is 3. The zero-order chi connectivity index (χ0) is 14.8. The van der Waals surface area contributed by atoms with Gasteiger partial charge in [-0.1, -0.05) is 28.1 Å². The molecular formula is C15H18BrNO3. The molecule has 0 aromatic heterocycles. The largest absolute Gasteiger partial charge is 0.490 e. The van der Waals surface area contributed by atoms with Crippen molar-refractivity contribution in [1.29, 1.82) is 0 Å². The van der Waals surface area contributed by atoms with Gasteiger partial charge in [-0.15, -0.1) is 0 Å². The molecule has 0 spiro atoms. The molecule has 1 aliphatic rings. The number of benzene rings is 1. The molecule has 0 N–H and O–H groups in total. The summed E-state index contributed by atoms with van der Waals surface area (Å²) >= 11 is 3.42. The van der Waals surface area contributed by atoms with E-state index in [4.69, 9.17) is 9.47 Å². The number of rotatable bonds is 1. The second kappa shape index (κ2) is 5.87. The third-order valence-corrected chi connectivity index (χ3v) is 3.09. The fraction of sp³-hybridized carbons (Fsp3) is 0.400. The minimum Gasteiger partial charge on any atom is -0.490 e. The molecule has 1 heterocycles. The summed E-state index contributed by atoms with van der Waals surface area (Å²) in [5, 5.41) is 0. The Labute approximate surface area is 127 Å². The van der Waals surface area contributed by atoms with Gasteiger partial charge in [-0.2, -0.15) is 0 Å². The first-order chi connectivity index (χ1) is 9.35. The number of amides is 1. The van der Waals surface area contributed by atoms with Crippen molar-refractivity contribution in [3.05, 3.63) is 40.5 Å². The first kappa shape index (κ1) is 14.9. The number of nitrogens with zero attached hydrogens (tertiary/aromatic N) is 1. The molecule has 1 amide bonds. The lowest BCUT2D eigenvalue weighted by molar-refractivity contribution is 0.0282. The number of carbonyl (C=O) groups excluding carboxylic acids is 1. The molecule has 2 rings (SSSR count). The molecule has 0 aliphatic carbocycles. The van der Waals surface area contributed by atoms with Gasteiger partial charge in [-0.05, 0) is 32.9 Å². The van der Waals surface area contributed by atoms with Gasteiger partial charge in [0.25, 0.3) is 0 Å². The fourth-order valence-corrected chi connectivity index (χ4v) is 2.16. The third kappa shape index (κ3) is 4.00. The monoisotopic (exact) mass is 339 g/mol. The molecule has 0 unspecified atom stereocenters. The highest BCUT2D eigenvalue weighted by molar-refractivity contribution is 9.10. The fourth-order valence-electron chi connectivity index (χ4n) is 1.76. The van der Waals surface area contributed by atoms with E-state index in [-0.39, 0.29) is 6.09 Å². The van der Waals surface area contributed by atoms with Gasteiger partial charge >= 0.3 is 6.09 Å². The zero-order valence-electron chi connectivity index (χ0n) is 11.9. The van der Waals surface area contributed by atoms with E-state index in [9.17, 15) is 4.79 Å². The van der Waals surface area contributed by atoms with E-state index >= 15 is 0 Å². The summed E-state index contributed by atoms with van der Waals surface area (Å²) in [5.41, 5.74) is 0.423. The number of ether oxygens (including phenoxy) is 2. The Kier molecular flexibility index (Phi) is 4.38. The molecule has 0 saturated heterocycles. The maximum absolute atomic E-state index is 12.1. The lowest BCUT2D eigenvalue weighted by atomic mass is 10.2. The van der Waals surface area contributed by atoms with E-state index in [0.29, 0.717) is 18.9 Å². The van der Waals surface area contributed by atoms with Gasteiger partial charge in [0.2, 0.25) is 0 Å². The summed E-state index contributed by atoms with van der Waals surface area (Å²) in [6, 6.07) is 7.76. The molecule has 108 valence electrons. The summed E-state index contributed by atoms with van der Waals surface area (Å²) < 4.78 is 11.9. The Bertz CT molecular complexity index is 534. The summed E-state index contributed by atoms with van der Waals surface area (Å²) in [5.74, 6) is 0.670. The van der Waals surface area contributed by atoms with E-state index in [1.54, 1.807) is 11.1 Å². The van der Waals surface area contributed by atoms with Crippen LogP contribution in [0.25, 0.3) is 5.76 Å². The van der Waals surface area contributed by atoms with Crippen molar-refractivity contribution < 1.29 is 14.3 Å². The molecule has 0 fully saturated rings. The first-order valence-corrected chi connectivity index (χ1v) is 7.25. The minimum atomic E-state index is -0.501. The number of halogens is 1. The molecule has 20 heavy (non-hydrogen) atoms. The molecular weight excluding hydrogens is 322 g/mol. The normalized spacial score (nSPS) is 15.4. The van der Waals surface area contributed by atoms with Crippen LogP contribution in [0, 0.1) is 0 Å². The maximum atomic E-state index is 12.1. The molecule has 1 aromatic rings. The van der Waals surface area contributed by atoms with Crippen molar-refractivity contribution in [2.24, 2.45) is 0 Å². The van der Waals surface area contributed by atoms with Crippen LogP contribution in [0.2, 0.25) is 0 Å². The minimum absolute atomic E-state index is 0.353. The van der Waals surface area contributed by atoms with Gasteiger partial charge in [0, 0.05) is 10.0 Å². The Balaban J connectivity index is 2.17. The first-order valence-electron chi connectivity index (χ1n) is 6.45. The smallest absolute Gasteiger partial charge is 0.414 e. The Morgan fingerprint density at radius 3 is 2.80 bits per heavy atom. The van der Waals surface area contributed by atoms with Crippen molar-refractivity contribution in [2.75, 3.05) is 13.2 Å². The maximum Gasteiger partial charge on any atom is 0.414 e. The second-order valence-electron chi connectivity index (χ2n) is 5.53. The van der Waals surface area contributed by atoms with Crippen LogP contribution in [0.1, 0.15) is 26.3 Å². The lowest BCUT2D eigenvalue weighted by Crippen LogP contribution is -2.37. The summed E-state index contributed by atoms with van der Waals surface area (Å²) in [7, 11) is 0. The zero-order valence-corrected chi connectivity index (χ0v) is 13.4. The van der Waals surface area contributed by atoms with E-state index in [2.05, 4.69) is 15.9 Å². The van der Waals surface area contributed by atoms with Gasteiger partial charge in [-0.25, -0.2) is 4.79 Å². The molecule has 4 nitrogen and oxygen atoms in total. The Hall–Kier alpha value is -1.49. The van der Waals surface area contributed by atoms with E-state index in [0.717, 1.165) is 10.0 Å². The summed E-state index contributed by atoms with van der Waals surface area (Å²) in [4.78, 5) is 13.6. The molecule has 0 radical (unpaired) electrons. The van der Waals surface area contributed by atoms with Gasteiger partial charge < -0.3 is 9.47 Å². The molecule has 5 heteroatoms. The van der Waals surface area contributed by atoms with Crippen molar-refractivity contribution in [2.45, 2.75) is 26.4 Å². The van der Waals surface area contributed by atoms with Gasteiger partial charge in [0.1, 0.15) is 18.0 Å². The van der Waals surface area contributed by atoms with Crippen LogP contribution in [0.3, 0.4) is 0 Å². The van der Waals surface area contributed by atoms with Gasteiger partial charge in [0.05, 0.1) is 12.7 Å². The highest BCUT2D eigenvalue weighted by atomic mass is 79.9. The molecule has 0 bridgehead atoms. The van der Waals surface area contributed by atoms with Crippen LogP contribution in [-0.4, -0.2) is 29.7 Å². The third-order valence-electron chi connectivity index (χ3n) is 2.60. The average molecular weight is 340 g/mol. The van der Waals surface area contributed by atoms with Crippen LogP contribution >= 0.6 is 15.9 Å². The van der Waals surface area contributed by atoms with Crippen LogP contribution < -0.4 is 0 Å². The van der Waals surface area contributed by atoms with Crippen LogP contribution in [0.4, 0.5) is 4.79 Å². The van der Waals surface area contributed by atoms with Crippen LogP contribution in [0.5, 0.6) is 0 Å². The standard InChI is InChI=1S/C15H18BrNO3/c1-15(2,3)20-14(18)17-7-8-19-13(10-17)11-5-4-6-12(16)9-11/h4-6,9-10H,7-8H2,1-3H3. The van der Waals surface area contributed by atoms with Crippen molar-refractivity contribution in [3.63, 3.8) is 0 Å². The highest BCUT2D eigenvalue weighted by Crippen LogP contribution is 2.24. The van der Waals surface area contributed by atoms with Gasteiger partial charge in [0.15, 0.2) is 0 Å². The highest BCUT2D eigenvalue weighted by Gasteiger charge is 2.24. The van der Waals surface area contributed by atoms with Crippen molar-refractivity contribution >= 4 is 27.8 Å². The second-order valence-corrected chi connectivity index (χ2v) is 6.44. The predicted octanol–water partition coefficient (Wildman–Crippen LogP) is 4.01. The Morgan fingerprint density at radius 2 is 2.15 bits per heavy atom. The molecule has 1 aromatic carbocycles. The quantitative estimate of drug-likeness (QED) is 0.775. The number of hydrogen-bond donors (Lipinski definition) is 0. The number of carbonyl (C=O) groups is 1. The lowest BCUT2D eigenvalue weighted by Gasteiger charge is -2.28. The molecule has 1 aliphatic heterocycles. The van der Waals surface area contributed by atoms with Crippen LogP contribution in [-0.2, 0) is 9.47 Å². The topological polar surface area (TPSA) is 38.8 Å². The predicted molar refractivity (Wildman–Crippen MR) is 81.0 cm³/mol. The molecule has 0 saturated carbocycles. The Morgan fingerprint density at radius 1 is 1.40 bits per heavy atom. The van der Waals surface area contributed by atoms with Crippen molar-refractivity contribution in [3.8, 4) is 0 Å². The van der Waals surface area contributed by atoms with Crippen LogP contribution in [0.15, 0.2) is 34.9 Å². The van der Waals surface area contributed by atoms with E-state index < -0.39 is 5.60 Å². The summed E-state index contributed by atoms with van der Waals surface area (Å²) in [6.45, 7) is 6.50. The van der Waals surface area contributed by atoms with E-state index in [1.807, 2.05) is 45.0 Å². The summed E-state index contributed by atoms with van der Waals surface area (Å²) in [6.07, 6.45) is 1.34. The van der Waals surface area contributed by atoms with E-state index in [1.165, 1.54) is 0 Å². The molecule has 0 atom stereocenters. The van der Waals surface area contributed by atoms with Crippen molar-refractivity contribution in [1.82, 2.24) is 4.90 Å².